The summed E-state index contributed by atoms with van der Waals surface area (Å²) in [4.78, 5) is 16.4. The van der Waals surface area contributed by atoms with Crippen molar-refractivity contribution in [3.8, 4) is 0 Å². The summed E-state index contributed by atoms with van der Waals surface area (Å²) in [7, 11) is 0. The largest absolute Gasteiger partial charge is 0.440 e. The molecule has 0 bridgehead atoms. The highest BCUT2D eigenvalue weighted by Crippen LogP contribution is 2.18. The lowest BCUT2D eigenvalue weighted by atomic mass is 10.3. The maximum Gasteiger partial charge on any atom is 0.203 e. The molecular formula is C15H12N4O. The third kappa shape index (κ3) is 1.84. The highest BCUT2D eigenvalue weighted by Gasteiger charge is 2.10. The predicted molar refractivity (Wildman–Crippen MR) is 75.4 cm³/mol. The van der Waals surface area contributed by atoms with Gasteiger partial charge in [-0.2, -0.15) is 0 Å². The van der Waals surface area contributed by atoms with E-state index in [-0.39, 0.29) is 0 Å². The van der Waals surface area contributed by atoms with E-state index in [2.05, 4.69) is 19.9 Å². The van der Waals surface area contributed by atoms with Gasteiger partial charge in [-0.3, -0.25) is 4.98 Å². The number of oxazole rings is 1. The molecule has 0 spiro atoms. The Hall–Kier alpha value is -2.69. The highest BCUT2D eigenvalue weighted by molar-refractivity contribution is 5.75. The van der Waals surface area contributed by atoms with Gasteiger partial charge in [0.1, 0.15) is 11.3 Å². The fourth-order valence-corrected chi connectivity index (χ4v) is 2.29. The van der Waals surface area contributed by atoms with Crippen LogP contribution < -0.4 is 0 Å². The van der Waals surface area contributed by atoms with Crippen LogP contribution in [0.3, 0.4) is 0 Å². The Morgan fingerprint density at radius 2 is 2.05 bits per heavy atom. The molecule has 0 aliphatic carbocycles. The first kappa shape index (κ1) is 11.2. The normalized spacial score (nSPS) is 11.4. The molecule has 5 heteroatoms. The predicted octanol–water partition coefficient (Wildman–Crippen LogP) is 3.00. The van der Waals surface area contributed by atoms with Crippen molar-refractivity contribution < 1.29 is 4.42 Å². The molecule has 0 atom stereocenters. The van der Waals surface area contributed by atoms with Crippen LogP contribution in [-0.2, 0) is 6.42 Å². The number of nitrogens with one attached hydrogen (secondary N) is 1. The van der Waals surface area contributed by atoms with Crippen molar-refractivity contribution >= 4 is 22.1 Å². The maximum absolute atomic E-state index is 5.74. The average molecular weight is 264 g/mol. The summed E-state index contributed by atoms with van der Waals surface area (Å²) in [6.45, 7) is 1.93. The Morgan fingerprint density at radius 3 is 2.95 bits per heavy atom. The lowest BCUT2D eigenvalue weighted by molar-refractivity contribution is 0.540. The number of aromatic nitrogens is 4. The van der Waals surface area contributed by atoms with Crippen LogP contribution in [0.4, 0.5) is 0 Å². The number of hydrogen-bond acceptors (Lipinski definition) is 4. The zero-order chi connectivity index (χ0) is 13.5. The van der Waals surface area contributed by atoms with Crippen molar-refractivity contribution in [3.05, 3.63) is 53.9 Å². The zero-order valence-electron chi connectivity index (χ0n) is 10.9. The number of imidazole rings is 1. The molecule has 1 N–H and O–H groups in total. The van der Waals surface area contributed by atoms with Crippen LogP contribution in [0, 0.1) is 6.92 Å². The Bertz CT molecular complexity index is 873. The Labute approximate surface area is 114 Å². The van der Waals surface area contributed by atoms with Crippen LogP contribution in [-0.4, -0.2) is 19.9 Å². The summed E-state index contributed by atoms with van der Waals surface area (Å²) in [5.41, 5.74) is 4.45. The fraction of sp³-hybridized carbons (Fsp3) is 0.133. The zero-order valence-corrected chi connectivity index (χ0v) is 10.9. The monoisotopic (exact) mass is 264 g/mol. The van der Waals surface area contributed by atoms with Gasteiger partial charge in [0, 0.05) is 11.8 Å². The van der Waals surface area contributed by atoms with Gasteiger partial charge >= 0.3 is 0 Å². The van der Waals surface area contributed by atoms with Crippen molar-refractivity contribution in [1.29, 1.82) is 0 Å². The molecule has 0 aliphatic rings. The molecule has 1 aromatic carbocycles. The number of benzene rings is 1. The third-order valence-electron chi connectivity index (χ3n) is 3.21. The molecule has 20 heavy (non-hydrogen) atoms. The number of pyridine rings is 1. The number of fused-ring (bicyclic) bond motifs is 2. The SMILES string of the molecule is Cc1cc2oc(Cc3nc4ccccc4[nH]3)nc2cn1. The van der Waals surface area contributed by atoms with Crippen molar-refractivity contribution in [1.82, 2.24) is 19.9 Å². The summed E-state index contributed by atoms with van der Waals surface area (Å²) < 4.78 is 5.74. The van der Waals surface area contributed by atoms with Crippen LogP contribution in [0.15, 0.2) is 40.9 Å². The average Bonchev–Trinajstić information content (AvgIpc) is 3.00. The summed E-state index contributed by atoms with van der Waals surface area (Å²) in [6, 6.07) is 9.84. The first-order chi connectivity index (χ1) is 9.78. The smallest absolute Gasteiger partial charge is 0.203 e. The van der Waals surface area contributed by atoms with Gasteiger partial charge in [0.15, 0.2) is 5.58 Å². The lowest BCUT2D eigenvalue weighted by Crippen LogP contribution is -1.90. The molecule has 0 saturated carbocycles. The number of para-hydroxylation sites is 2. The minimum atomic E-state index is 0.544. The second-order valence-electron chi connectivity index (χ2n) is 4.78. The van der Waals surface area contributed by atoms with Gasteiger partial charge in [-0.05, 0) is 19.1 Å². The Morgan fingerprint density at radius 1 is 1.15 bits per heavy atom. The minimum absolute atomic E-state index is 0.544. The Kier molecular flexibility index (Phi) is 2.32. The van der Waals surface area contributed by atoms with Gasteiger partial charge < -0.3 is 9.40 Å². The van der Waals surface area contributed by atoms with E-state index in [9.17, 15) is 0 Å². The van der Waals surface area contributed by atoms with Crippen LogP contribution in [0.25, 0.3) is 22.1 Å². The fourth-order valence-electron chi connectivity index (χ4n) is 2.29. The van der Waals surface area contributed by atoms with E-state index in [1.807, 2.05) is 37.3 Å². The number of hydrogen-bond donors (Lipinski definition) is 1. The van der Waals surface area contributed by atoms with E-state index < -0.39 is 0 Å². The molecule has 3 heterocycles. The molecule has 0 radical (unpaired) electrons. The van der Waals surface area contributed by atoms with E-state index in [1.165, 1.54) is 0 Å². The molecule has 0 unspecified atom stereocenters. The molecule has 4 rings (SSSR count). The topological polar surface area (TPSA) is 67.6 Å². The van der Waals surface area contributed by atoms with Crippen LogP contribution in [0.1, 0.15) is 17.4 Å². The van der Waals surface area contributed by atoms with Gasteiger partial charge in [0.25, 0.3) is 0 Å². The summed E-state index contributed by atoms with van der Waals surface area (Å²) >= 11 is 0. The van der Waals surface area contributed by atoms with E-state index >= 15 is 0 Å². The standard InChI is InChI=1S/C15H12N4O/c1-9-6-13-12(8-16-9)19-15(20-13)7-14-17-10-4-2-3-5-11(10)18-14/h2-6,8H,7H2,1H3,(H,17,18). The molecule has 4 aromatic rings. The second-order valence-corrected chi connectivity index (χ2v) is 4.78. The summed E-state index contributed by atoms with van der Waals surface area (Å²) in [5.74, 6) is 1.49. The van der Waals surface area contributed by atoms with Gasteiger partial charge in [0.2, 0.25) is 5.89 Å². The van der Waals surface area contributed by atoms with Crippen LogP contribution >= 0.6 is 0 Å². The Balaban J connectivity index is 1.72. The first-order valence-electron chi connectivity index (χ1n) is 6.43. The van der Waals surface area contributed by atoms with Crippen molar-refractivity contribution in [3.63, 3.8) is 0 Å². The molecule has 0 fully saturated rings. The first-order valence-corrected chi connectivity index (χ1v) is 6.43. The molecule has 3 aromatic heterocycles. The molecule has 0 saturated heterocycles. The van der Waals surface area contributed by atoms with Gasteiger partial charge in [-0.1, -0.05) is 12.1 Å². The van der Waals surface area contributed by atoms with Gasteiger partial charge in [-0.25, -0.2) is 9.97 Å². The molecular weight excluding hydrogens is 252 g/mol. The second kappa shape index (κ2) is 4.16. The number of rotatable bonds is 2. The summed E-state index contributed by atoms with van der Waals surface area (Å²) in [6.07, 6.45) is 2.28. The van der Waals surface area contributed by atoms with E-state index in [4.69, 9.17) is 4.42 Å². The van der Waals surface area contributed by atoms with Crippen LogP contribution in [0.2, 0.25) is 0 Å². The van der Waals surface area contributed by atoms with E-state index in [1.54, 1.807) is 6.20 Å². The molecule has 0 aliphatic heterocycles. The number of nitrogens with zero attached hydrogens (tertiary/aromatic N) is 3. The minimum Gasteiger partial charge on any atom is -0.440 e. The van der Waals surface area contributed by atoms with E-state index in [0.717, 1.165) is 33.7 Å². The third-order valence-corrected chi connectivity index (χ3v) is 3.21. The molecule has 5 nitrogen and oxygen atoms in total. The van der Waals surface area contributed by atoms with Crippen LogP contribution in [0.5, 0.6) is 0 Å². The maximum atomic E-state index is 5.74. The molecule has 0 amide bonds. The number of H-pyrrole nitrogens is 1. The molecule has 98 valence electrons. The quantitative estimate of drug-likeness (QED) is 0.604. The number of aromatic amines is 1. The van der Waals surface area contributed by atoms with Crippen molar-refractivity contribution in [2.75, 3.05) is 0 Å². The number of aryl methyl sites for hydroxylation is 1. The van der Waals surface area contributed by atoms with E-state index in [0.29, 0.717) is 12.3 Å². The van der Waals surface area contributed by atoms with Gasteiger partial charge in [-0.15, -0.1) is 0 Å². The summed E-state index contributed by atoms with van der Waals surface area (Å²) in [5, 5.41) is 0. The van der Waals surface area contributed by atoms with Gasteiger partial charge in [0.05, 0.1) is 23.7 Å². The highest BCUT2D eigenvalue weighted by atomic mass is 16.3. The lowest BCUT2D eigenvalue weighted by Gasteiger charge is -1.89. The van der Waals surface area contributed by atoms with Crippen molar-refractivity contribution in [2.45, 2.75) is 13.3 Å². The van der Waals surface area contributed by atoms with Crippen molar-refractivity contribution in [2.24, 2.45) is 0 Å².